The monoisotopic (exact) mass is 223 g/mol. The van der Waals surface area contributed by atoms with E-state index in [9.17, 15) is 0 Å². The Morgan fingerprint density at radius 2 is 2.12 bits per heavy atom. The number of nitrogens with one attached hydrogen (secondary N) is 1. The van der Waals surface area contributed by atoms with Gasteiger partial charge in [0.15, 0.2) is 0 Å². The van der Waals surface area contributed by atoms with Crippen LogP contribution in [0.5, 0.6) is 0 Å². The minimum Gasteiger partial charge on any atom is -0.310 e. The van der Waals surface area contributed by atoms with Gasteiger partial charge in [-0.15, -0.1) is 0 Å². The summed E-state index contributed by atoms with van der Waals surface area (Å²) in [4.78, 5) is 0. The van der Waals surface area contributed by atoms with Gasteiger partial charge in [-0.3, -0.25) is 4.68 Å². The van der Waals surface area contributed by atoms with E-state index in [0.717, 1.165) is 13.1 Å². The smallest absolute Gasteiger partial charge is 0.0537 e. The number of aryl methyl sites for hydroxylation is 1. The number of unbranched alkanes of at least 4 members (excludes halogenated alkanes) is 3. The Bertz CT molecular complexity index is 280. The van der Waals surface area contributed by atoms with E-state index in [1.165, 1.54) is 31.2 Å². The predicted molar refractivity (Wildman–Crippen MR) is 68.5 cm³/mol. The van der Waals surface area contributed by atoms with Gasteiger partial charge in [-0.25, -0.2) is 0 Å². The lowest BCUT2D eigenvalue weighted by Crippen LogP contribution is -2.19. The van der Waals surface area contributed by atoms with Gasteiger partial charge in [0.25, 0.3) is 0 Å². The maximum Gasteiger partial charge on any atom is 0.0537 e. The number of aromatic nitrogens is 2. The van der Waals surface area contributed by atoms with Crippen LogP contribution in [0.25, 0.3) is 0 Å². The van der Waals surface area contributed by atoms with E-state index in [4.69, 9.17) is 0 Å². The summed E-state index contributed by atoms with van der Waals surface area (Å²) in [6.45, 7) is 8.62. The summed E-state index contributed by atoms with van der Waals surface area (Å²) in [5.41, 5.74) is 1.29. The van der Waals surface area contributed by atoms with Crippen molar-refractivity contribution in [1.29, 1.82) is 0 Å². The Balaban J connectivity index is 2.21. The molecule has 0 aliphatic carbocycles. The molecule has 1 aromatic rings. The third-order valence-electron chi connectivity index (χ3n) is 2.96. The van der Waals surface area contributed by atoms with E-state index < -0.39 is 0 Å². The average Bonchev–Trinajstić information content (AvgIpc) is 2.77. The molecule has 0 spiro atoms. The second kappa shape index (κ2) is 7.44. The summed E-state index contributed by atoms with van der Waals surface area (Å²) in [6.07, 6.45) is 9.37. The summed E-state index contributed by atoms with van der Waals surface area (Å²) in [6, 6.07) is 0.418. The quantitative estimate of drug-likeness (QED) is 0.686. The molecule has 0 saturated heterocycles. The van der Waals surface area contributed by atoms with Gasteiger partial charge in [-0.1, -0.05) is 26.2 Å². The van der Waals surface area contributed by atoms with E-state index >= 15 is 0 Å². The lowest BCUT2D eigenvalue weighted by molar-refractivity contribution is 0.536. The molecule has 1 aromatic heterocycles. The first-order valence-electron chi connectivity index (χ1n) is 6.53. The fourth-order valence-corrected chi connectivity index (χ4v) is 1.76. The second-order valence-corrected chi connectivity index (χ2v) is 4.37. The maximum atomic E-state index is 4.29. The van der Waals surface area contributed by atoms with Gasteiger partial charge < -0.3 is 5.32 Å². The molecule has 0 aliphatic rings. The van der Waals surface area contributed by atoms with Crippen molar-refractivity contribution in [2.45, 2.75) is 59.0 Å². The molecule has 1 heterocycles. The molecule has 16 heavy (non-hydrogen) atoms. The van der Waals surface area contributed by atoms with Crippen LogP contribution in [0.2, 0.25) is 0 Å². The highest BCUT2D eigenvalue weighted by molar-refractivity contribution is 5.08. The van der Waals surface area contributed by atoms with E-state index in [0.29, 0.717) is 6.04 Å². The van der Waals surface area contributed by atoms with Crippen molar-refractivity contribution < 1.29 is 0 Å². The van der Waals surface area contributed by atoms with Crippen LogP contribution in [-0.2, 0) is 6.54 Å². The van der Waals surface area contributed by atoms with Crippen molar-refractivity contribution >= 4 is 0 Å². The molecule has 0 bridgehead atoms. The van der Waals surface area contributed by atoms with E-state index in [1.54, 1.807) is 0 Å². The van der Waals surface area contributed by atoms with Crippen molar-refractivity contribution in [3.8, 4) is 0 Å². The maximum absolute atomic E-state index is 4.29. The molecule has 0 aliphatic heterocycles. The Kier molecular flexibility index (Phi) is 6.16. The summed E-state index contributed by atoms with van der Waals surface area (Å²) in [5.74, 6) is 0. The van der Waals surface area contributed by atoms with E-state index in [2.05, 4.69) is 37.4 Å². The minimum absolute atomic E-state index is 0.418. The van der Waals surface area contributed by atoms with Crippen molar-refractivity contribution in [2.24, 2.45) is 0 Å². The van der Waals surface area contributed by atoms with Crippen molar-refractivity contribution in [1.82, 2.24) is 15.1 Å². The first kappa shape index (κ1) is 13.2. The van der Waals surface area contributed by atoms with Crippen LogP contribution in [0.3, 0.4) is 0 Å². The van der Waals surface area contributed by atoms with E-state index in [1.807, 2.05) is 10.9 Å². The van der Waals surface area contributed by atoms with Gasteiger partial charge in [0.05, 0.1) is 6.20 Å². The van der Waals surface area contributed by atoms with Crippen molar-refractivity contribution in [2.75, 3.05) is 6.54 Å². The molecule has 1 rings (SSSR count). The van der Waals surface area contributed by atoms with Crippen molar-refractivity contribution in [3.63, 3.8) is 0 Å². The lowest BCUT2D eigenvalue weighted by atomic mass is 10.1. The molecule has 0 radical (unpaired) electrons. The van der Waals surface area contributed by atoms with Gasteiger partial charge in [0.1, 0.15) is 0 Å². The van der Waals surface area contributed by atoms with Crippen LogP contribution < -0.4 is 5.32 Å². The molecule has 3 heteroatoms. The van der Waals surface area contributed by atoms with Crippen LogP contribution in [-0.4, -0.2) is 16.3 Å². The number of nitrogens with zero attached hydrogens (tertiary/aromatic N) is 2. The first-order chi connectivity index (χ1) is 7.77. The molecule has 3 nitrogen and oxygen atoms in total. The van der Waals surface area contributed by atoms with Gasteiger partial charge in [-0.05, 0) is 26.8 Å². The molecule has 0 aromatic carbocycles. The molecule has 0 saturated carbocycles. The molecule has 1 unspecified atom stereocenters. The SMILES string of the molecule is CCCCCCNC(C)c1cnn(CC)c1. The summed E-state index contributed by atoms with van der Waals surface area (Å²) >= 11 is 0. The Morgan fingerprint density at radius 3 is 2.75 bits per heavy atom. The molecule has 1 N–H and O–H groups in total. The zero-order valence-corrected chi connectivity index (χ0v) is 10.9. The fourth-order valence-electron chi connectivity index (χ4n) is 1.76. The molecule has 0 amide bonds. The normalized spacial score (nSPS) is 12.9. The summed E-state index contributed by atoms with van der Waals surface area (Å²) in [5, 5.41) is 7.83. The van der Waals surface area contributed by atoms with Gasteiger partial charge in [0, 0.05) is 24.3 Å². The third-order valence-corrected chi connectivity index (χ3v) is 2.96. The number of hydrogen-bond acceptors (Lipinski definition) is 2. The van der Waals surface area contributed by atoms with Gasteiger partial charge in [0.2, 0.25) is 0 Å². The second-order valence-electron chi connectivity index (χ2n) is 4.37. The number of hydrogen-bond donors (Lipinski definition) is 1. The first-order valence-corrected chi connectivity index (χ1v) is 6.53. The standard InChI is InChI=1S/C13H25N3/c1-4-6-7-8-9-14-12(3)13-10-15-16(5-2)11-13/h10-12,14H,4-9H2,1-3H3. The number of rotatable bonds is 8. The largest absolute Gasteiger partial charge is 0.310 e. The fraction of sp³-hybridized carbons (Fsp3) is 0.769. The average molecular weight is 223 g/mol. The van der Waals surface area contributed by atoms with Crippen LogP contribution in [0.1, 0.15) is 58.1 Å². The molecule has 1 atom stereocenters. The summed E-state index contributed by atoms with van der Waals surface area (Å²) in [7, 11) is 0. The Labute approximate surface area is 99.2 Å². The molecular weight excluding hydrogens is 198 g/mol. The van der Waals surface area contributed by atoms with Gasteiger partial charge in [-0.2, -0.15) is 5.10 Å². The zero-order valence-electron chi connectivity index (χ0n) is 10.9. The highest BCUT2D eigenvalue weighted by Crippen LogP contribution is 2.10. The third kappa shape index (κ3) is 4.35. The molecule has 0 fully saturated rings. The van der Waals surface area contributed by atoms with Crippen molar-refractivity contribution in [3.05, 3.63) is 18.0 Å². The van der Waals surface area contributed by atoms with E-state index in [-0.39, 0.29) is 0 Å². The van der Waals surface area contributed by atoms with Crippen LogP contribution in [0.15, 0.2) is 12.4 Å². The van der Waals surface area contributed by atoms with Crippen LogP contribution in [0.4, 0.5) is 0 Å². The Hall–Kier alpha value is -0.830. The topological polar surface area (TPSA) is 29.9 Å². The lowest BCUT2D eigenvalue weighted by Gasteiger charge is -2.11. The van der Waals surface area contributed by atoms with Crippen LogP contribution in [0, 0.1) is 0 Å². The highest BCUT2D eigenvalue weighted by atomic mass is 15.3. The zero-order chi connectivity index (χ0) is 11.8. The Morgan fingerprint density at radius 1 is 1.31 bits per heavy atom. The molecular formula is C13H25N3. The molecule has 92 valence electrons. The van der Waals surface area contributed by atoms with Gasteiger partial charge >= 0.3 is 0 Å². The summed E-state index contributed by atoms with van der Waals surface area (Å²) < 4.78 is 1.98. The predicted octanol–water partition coefficient (Wildman–Crippen LogP) is 3.13. The van der Waals surface area contributed by atoms with Crippen LogP contribution >= 0.6 is 0 Å². The highest BCUT2D eigenvalue weighted by Gasteiger charge is 2.06. The minimum atomic E-state index is 0.418.